The van der Waals surface area contributed by atoms with Crippen molar-refractivity contribution >= 4 is 34.3 Å². The van der Waals surface area contributed by atoms with Crippen LogP contribution in [0.25, 0.3) is 0 Å². The molecule has 0 aliphatic carbocycles. The monoisotopic (exact) mass is 348 g/mol. The van der Waals surface area contributed by atoms with Crippen molar-refractivity contribution in [3.63, 3.8) is 0 Å². The van der Waals surface area contributed by atoms with Crippen molar-refractivity contribution in [2.45, 2.75) is 13.3 Å². The molecule has 1 amide bonds. The molecule has 8 heteroatoms. The topological polar surface area (TPSA) is 94.6 Å². The van der Waals surface area contributed by atoms with E-state index >= 15 is 0 Å². The zero-order chi connectivity index (χ0) is 17.5. The molecule has 1 aromatic carbocycles. The van der Waals surface area contributed by atoms with E-state index in [1.807, 2.05) is 0 Å². The Morgan fingerprint density at radius 3 is 2.71 bits per heavy atom. The van der Waals surface area contributed by atoms with E-state index in [4.69, 9.17) is 4.74 Å². The van der Waals surface area contributed by atoms with Gasteiger partial charge in [-0.2, -0.15) is 0 Å². The van der Waals surface area contributed by atoms with Gasteiger partial charge in [-0.1, -0.05) is 6.07 Å². The first-order chi connectivity index (χ1) is 11.5. The highest BCUT2D eigenvalue weighted by molar-refractivity contribution is 7.14. The normalized spacial score (nSPS) is 10.1. The first kappa shape index (κ1) is 17.6. The number of hydrogen-bond donors (Lipinski definition) is 1. The molecule has 0 bridgehead atoms. The SMILES string of the molecule is CCOC(=O)Cc1csc(NC(=O)c2cccc(C(=O)OC)c2)n1. The molecule has 0 unspecified atom stereocenters. The average Bonchev–Trinajstić information content (AvgIpc) is 3.01. The summed E-state index contributed by atoms with van der Waals surface area (Å²) in [7, 11) is 1.27. The predicted molar refractivity (Wildman–Crippen MR) is 88.2 cm³/mol. The predicted octanol–water partition coefficient (Wildman–Crippen LogP) is 2.29. The van der Waals surface area contributed by atoms with Gasteiger partial charge in [0.05, 0.1) is 31.4 Å². The summed E-state index contributed by atoms with van der Waals surface area (Å²) in [4.78, 5) is 39.3. The Bertz CT molecular complexity index is 756. The molecule has 0 saturated heterocycles. The summed E-state index contributed by atoms with van der Waals surface area (Å²) in [6, 6.07) is 6.17. The van der Waals surface area contributed by atoms with Crippen molar-refractivity contribution in [2.75, 3.05) is 19.0 Å². The molecule has 0 aliphatic rings. The molecule has 0 fully saturated rings. The number of thiazole rings is 1. The van der Waals surface area contributed by atoms with Crippen molar-refractivity contribution in [1.29, 1.82) is 0 Å². The largest absolute Gasteiger partial charge is 0.466 e. The number of hydrogen-bond acceptors (Lipinski definition) is 7. The van der Waals surface area contributed by atoms with Crippen LogP contribution in [0, 0.1) is 0 Å². The van der Waals surface area contributed by atoms with E-state index in [9.17, 15) is 14.4 Å². The molecular formula is C16H16N2O5S. The van der Waals surface area contributed by atoms with E-state index in [1.165, 1.54) is 24.5 Å². The fraction of sp³-hybridized carbons (Fsp3) is 0.250. The first-order valence-corrected chi connectivity index (χ1v) is 8.01. The minimum Gasteiger partial charge on any atom is -0.466 e. The minimum atomic E-state index is -0.518. The van der Waals surface area contributed by atoms with Gasteiger partial charge in [-0.15, -0.1) is 11.3 Å². The van der Waals surface area contributed by atoms with Gasteiger partial charge < -0.3 is 9.47 Å². The van der Waals surface area contributed by atoms with Crippen LogP contribution in [-0.2, 0) is 20.7 Å². The van der Waals surface area contributed by atoms with Crippen LogP contribution in [0.1, 0.15) is 33.3 Å². The molecular weight excluding hydrogens is 332 g/mol. The number of rotatable bonds is 6. The summed E-state index contributed by atoms with van der Waals surface area (Å²) >= 11 is 1.21. The lowest BCUT2D eigenvalue weighted by Crippen LogP contribution is -2.13. The highest BCUT2D eigenvalue weighted by Crippen LogP contribution is 2.17. The number of nitrogens with one attached hydrogen (secondary N) is 1. The Hall–Kier alpha value is -2.74. The molecule has 1 heterocycles. The second kappa shape index (κ2) is 8.21. The number of carbonyl (C=O) groups excluding carboxylic acids is 3. The Morgan fingerprint density at radius 2 is 2.00 bits per heavy atom. The fourth-order valence-electron chi connectivity index (χ4n) is 1.88. The van der Waals surface area contributed by atoms with Crippen LogP contribution < -0.4 is 5.32 Å². The summed E-state index contributed by atoms with van der Waals surface area (Å²) in [5.41, 5.74) is 1.12. The summed E-state index contributed by atoms with van der Waals surface area (Å²) in [6.07, 6.45) is 0.0536. The van der Waals surface area contributed by atoms with E-state index in [-0.39, 0.29) is 18.0 Å². The molecule has 2 rings (SSSR count). The van der Waals surface area contributed by atoms with Gasteiger partial charge in [0.2, 0.25) is 0 Å². The molecule has 0 radical (unpaired) electrons. The van der Waals surface area contributed by atoms with E-state index in [0.717, 1.165) is 0 Å². The number of aromatic nitrogens is 1. The number of esters is 2. The van der Waals surface area contributed by atoms with Gasteiger partial charge in [0.25, 0.3) is 5.91 Å². The minimum absolute atomic E-state index is 0.0536. The maximum Gasteiger partial charge on any atom is 0.337 e. The molecule has 0 saturated carbocycles. The van der Waals surface area contributed by atoms with Gasteiger partial charge in [-0.3, -0.25) is 14.9 Å². The van der Waals surface area contributed by atoms with Crippen LogP contribution in [0.4, 0.5) is 5.13 Å². The van der Waals surface area contributed by atoms with Crippen LogP contribution in [0.2, 0.25) is 0 Å². The third kappa shape index (κ3) is 4.63. The van der Waals surface area contributed by atoms with Gasteiger partial charge in [0.1, 0.15) is 0 Å². The molecule has 0 atom stereocenters. The molecule has 1 aromatic heterocycles. The second-order valence-corrected chi connectivity index (χ2v) is 5.51. The molecule has 0 spiro atoms. The highest BCUT2D eigenvalue weighted by Gasteiger charge is 2.13. The average molecular weight is 348 g/mol. The third-order valence-corrected chi connectivity index (χ3v) is 3.76. The Balaban J connectivity index is 2.03. The van der Waals surface area contributed by atoms with Gasteiger partial charge in [0, 0.05) is 10.9 Å². The Kier molecular flexibility index (Phi) is 6.02. The third-order valence-electron chi connectivity index (χ3n) is 2.95. The number of nitrogens with zero attached hydrogens (tertiary/aromatic N) is 1. The number of methoxy groups -OCH3 is 1. The summed E-state index contributed by atoms with van der Waals surface area (Å²) in [5, 5.41) is 4.67. The van der Waals surface area contributed by atoms with Crippen molar-refractivity contribution in [3.8, 4) is 0 Å². The quantitative estimate of drug-likeness (QED) is 0.805. The van der Waals surface area contributed by atoms with E-state index < -0.39 is 11.9 Å². The maximum atomic E-state index is 12.2. The number of amides is 1. The highest BCUT2D eigenvalue weighted by atomic mass is 32.1. The Morgan fingerprint density at radius 1 is 1.25 bits per heavy atom. The molecule has 1 N–H and O–H groups in total. The fourth-order valence-corrected chi connectivity index (χ4v) is 2.59. The van der Waals surface area contributed by atoms with Gasteiger partial charge in [-0.05, 0) is 25.1 Å². The maximum absolute atomic E-state index is 12.2. The number of ether oxygens (including phenoxy) is 2. The summed E-state index contributed by atoms with van der Waals surface area (Å²) in [5.74, 6) is -1.29. The van der Waals surface area contributed by atoms with E-state index in [2.05, 4.69) is 15.0 Å². The zero-order valence-corrected chi connectivity index (χ0v) is 14.0. The van der Waals surface area contributed by atoms with Crippen LogP contribution in [-0.4, -0.2) is 36.5 Å². The molecule has 126 valence electrons. The lowest BCUT2D eigenvalue weighted by Gasteiger charge is -2.04. The lowest BCUT2D eigenvalue weighted by atomic mass is 10.1. The van der Waals surface area contributed by atoms with E-state index in [0.29, 0.717) is 23.0 Å². The smallest absolute Gasteiger partial charge is 0.337 e. The number of carbonyl (C=O) groups is 3. The lowest BCUT2D eigenvalue weighted by molar-refractivity contribution is -0.142. The van der Waals surface area contributed by atoms with Crippen molar-refractivity contribution in [2.24, 2.45) is 0 Å². The van der Waals surface area contributed by atoms with Crippen molar-refractivity contribution in [3.05, 3.63) is 46.5 Å². The summed E-state index contributed by atoms with van der Waals surface area (Å²) < 4.78 is 9.47. The van der Waals surface area contributed by atoms with E-state index in [1.54, 1.807) is 30.5 Å². The molecule has 0 aliphatic heterocycles. The standard InChI is InChI=1S/C16H16N2O5S/c1-3-23-13(19)8-12-9-24-16(17-12)18-14(20)10-5-4-6-11(7-10)15(21)22-2/h4-7,9H,3,8H2,1-2H3,(H,17,18,20). The Labute approximate surface area is 142 Å². The van der Waals surface area contributed by atoms with Crippen LogP contribution in [0.3, 0.4) is 0 Å². The summed E-state index contributed by atoms with van der Waals surface area (Å²) in [6.45, 7) is 2.04. The molecule has 2 aromatic rings. The van der Waals surface area contributed by atoms with Gasteiger partial charge in [0.15, 0.2) is 5.13 Å². The van der Waals surface area contributed by atoms with Crippen LogP contribution in [0.15, 0.2) is 29.6 Å². The zero-order valence-electron chi connectivity index (χ0n) is 13.2. The van der Waals surface area contributed by atoms with Crippen molar-refractivity contribution in [1.82, 2.24) is 4.98 Å². The second-order valence-electron chi connectivity index (χ2n) is 4.65. The molecule has 7 nitrogen and oxygen atoms in total. The van der Waals surface area contributed by atoms with Crippen molar-refractivity contribution < 1.29 is 23.9 Å². The number of anilines is 1. The van der Waals surface area contributed by atoms with Crippen LogP contribution >= 0.6 is 11.3 Å². The molecule has 24 heavy (non-hydrogen) atoms. The van der Waals surface area contributed by atoms with Gasteiger partial charge >= 0.3 is 11.9 Å². The van der Waals surface area contributed by atoms with Crippen LogP contribution in [0.5, 0.6) is 0 Å². The van der Waals surface area contributed by atoms with Gasteiger partial charge in [-0.25, -0.2) is 9.78 Å². The first-order valence-electron chi connectivity index (χ1n) is 7.13. The number of benzene rings is 1.